The van der Waals surface area contributed by atoms with Crippen LogP contribution in [0.3, 0.4) is 0 Å². The molecule has 162 valence electrons. The lowest BCUT2D eigenvalue weighted by molar-refractivity contribution is -0.138. The van der Waals surface area contributed by atoms with E-state index in [4.69, 9.17) is 0 Å². The molecule has 1 aliphatic heterocycles. The van der Waals surface area contributed by atoms with Gasteiger partial charge >= 0.3 is 6.18 Å². The van der Waals surface area contributed by atoms with Crippen LogP contribution in [0.25, 0.3) is 11.3 Å². The fourth-order valence-corrected chi connectivity index (χ4v) is 5.63. The standard InChI is InChI=1S/C19H17F3N6O2S/c20-19(21,22)15-9-17-24-12-25-28(17)11-14(15)13-4-7-26(8-5-13)31(29,30)18-10-23-16-3-1-2-6-27(16)18/h1-3,6,9-13H,4-5,7-8H2. The van der Waals surface area contributed by atoms with E-state index in [0.29, 0.717) is 5.65 Å². The van der Waals surface area contributed by atoms with Crippen molar-refractivity contribution in [3.8, 4) is 0 Å². The molecule has 1 fully saturated rings. The zero-order valence-corrected chi connectivity index (χ0v) is 16.9. The van der Waals surface area contributed by atoms with Crippen LogP contribution >= 0.6 is 0 Å². The Hall–Kier alpha value is -2.99. The van der Waals surface area contributed by atoms with Gasteiger partial charge in [-0.05, 0) is 42.5 Å². The highest BCUT2D eigenvalue weighted by atomic mass is 32.2. The molecule has 8 nitrogen and oxygen atoms in total. The number of halogens is 3. The Morgan fingerprint density at radius 3 is 2.58 bits per heavy atom. The summed E-state index contributed by atoms with van der Waals surface area (Å²) >= 11 is 0. The molecule has 31 heavy (non-hydrogen) atoms. The molecule has 0 radical (unpaired) electrons. The Balaban J connectivity index is 1.43. The molecule has 1 aliphatic rings. The smallest absolute Gasteiger partial charge is 0.289 e. The first-order valence-electron chi connectivity index (χ1n) is 9.58. The fourth-order valence-electron chi connectivity index (χ4n) is 4.09. The molecule has 0 spiro atoms. The van der Waals surface area contributed by atoms with Crippen LogP contribution in [-0.4, -0.2) is 49.8 Å². The Morgan fingerprint density at radius 2 is 1.84 bits per heavy atom. The first-order chi connectivity index (χ1) is 14.7. The Labute approximate surface area is 175 Å². The fraction of sp³-hybridized carbons (Fsp3) is 0.316. The molecule has 0 atom stereocenters. The molecular formula is C19H17F3N6O2S. The molecule has 0 bridgehead atoms. The van der Waals surface area contributed by atoms with Crippen molar-refractivity contribution in [2.24, 2.45) is 0 Å². The number of hydrogen-bond donors (Lipinski definition) is 0. The third-order valence-electron chi connectivity index (χ3n) is 5.63. The number of imidazole rings is 1. The quantitative estimate of drug-likeness (QED) is 0.479. The van der Waals surface area contributed by atoms with Crippen LogP contribution in [0.5, 0.6) is 0 Å². The molecule has 5 heterocycles. The topological polar surface area (TPSA) is 84.9 Å². The molecule has 5 rings (SSSR count). The summed E-state index contributed by atoms with van der Waals surface area (Å²) in [4.78, 5) is 7.95. The van der Waals surface area contributed by atoms with E-state index >= 15 is 0 Å². The van der Waals surface area contributed by atoms with E-state index in [1.54, 1.807) is 24.4 Å². The predicted octanol–water partition coefficient (Wildman–Crippen LogP) is 2.96. The van der Waals surface area contributed by atoms with Crippen molar-refractivity contribution < 1.29 is 21.6 Å². The van der Waals surface area contributed by atoms with Crippen molar-refractivity contribution in [3.63, 3.8) is 0 Å². The van der Waals surface area contributed by atoms with Gasteiger partial charge in [0.25, 0.3) is 10.0 Å². The highest BCUT2D eigenvalue weighted by Gasteiger charge is 2.38. The van der Waals surface area contributed by atoms with Gasteiger partial charge in [-0.25, -0.2) is 22.9 Å². The van der Waals surface area contributed by atoms with E-state index in [2.05, 4.69) is 15.1 Å². The number of piperidine rings is 1. The highest BCUT2D eigenvalue weighted by Crippen LogP contribution is 2.39. The van der Waals surface area contributed by atoms with Crippen molar-refractivity contribution in [1.29, 1.82) is 0 Å². The maximum Gasteiger partial charge on any atom is 0.416 e. The first-order valence-corrected chi connectivity index (χ1v) is 11.0. The SMILES string of the molecule is O=S(=O)(c1cnc2ccccn12)N1CCC(c2cn3ncnc3cc2C(F)(F)F)CC1. The average Bonchev–Trinajstić information content (AvgIpc) is 3.39. The molecule has 0 aromatic carbocycles. The first kappa shape index (κ1) is 19.9. The van der Waals surface area contributed by atoms with Gasteiger partial charge in [-0.3, -0.25) is 4.40 Å². The Kier molecular flexibility index (Phi) is 4.52. The minimum Gasteiger partial charge on any atom is -0.289 e. The van der Waals surface area contributed by atoms with Crippen LogP contribution in [0.2, 0.25) is 0 Å². The highest BCUT2D eigenvalue weighted by molar-refractivity contribution is 7.89. The normalized spacial score (nSPS) is 17.0. The summed E-state index contributed by atoms with van der Waals surface area (Å²) in [5, 5.41) is 3.98. The van der Waals surface area contributed by atoms with Gasteiger partial charge in [0.15, 0.2) is 10.7 Å². The van der Waals surface area contributed by atoms with Crippen LogP contribution < -0.4 is 0 Å². The van der Waals surface area contributed by atoms with E-state index in [1.165, 1.54) is 31.9 Å². The van der Waals surface area contributed by atoms with Crippen LogP contribution in [-0.2, 0) is 16.2 Å². The van der Waals surface area contributed by atoms with Crippen LogP contribution in [0.1, 0.15) is 29.9 Å². The van der Waals surface area contributed by atoms with Crippen LogP contribution in [0, 0.1) is 0 Å². The lowest BCUT2D eigenvalue weighted by Crippen LogP contribution is -2.38. The second-order valence-corrected chi connectivity index (χ2v) is 9.29. The number of fused-ring (bicyclic) bond motifs is 2. The number of sulfonamides is 1. The predicted molar refractivity (Wildman–Crippen MR) is 104 cm³/mol. The van der Waals surface area contributed by atoms with E-state index < -0.39 is 27.7 Å². The summed E-state index contributed by atoms with van der Waals surface area (Å²) < 4.78 is 71.4. The van der Waals surface area contributed by atoms with E-state index in [1.807, 2.05) is 0 Å². The minimum absolute atomic E-state index is 0.0431. The molecule has 0 aliphatic carbocycles. The molecule has 0 N–H and O–H groups in total. The van der Waals surface area contributed by atoms with Crippen molar-refractivity contribution in [1.82, 2.24) is 28.3 Å². The van der Waals surface area contributed by atoms with Gasteiger partial charge in [-0.15, -0.1) is 0 Å². The van der Waals surface area contributed by atoms with E-state index in [-0.39, 0.29) is 42.2 Å². The summed E-state index contributed by atoms with van der Waals surface area (Å²) in [5.41, 5.74) is -0.0240. The molecule has 1 saturated heterocycles. The maximum absolute atomic E-state index is 13.7. The van der Waals surface area contributed by atoms with Gasteiger partial charge in [0.05, 0.1) is 11.8 Å². The van der Waals surface area contributed by atoms with Crippen LogP contribution in [0.4, 0.5) is 13.2 Å². The van der Waals surface area contributed by atoms with E-state index in [0.717, 1.165) is 6.07 Å². The molecular weight excluding hydrogens is 433 g/mol. The Morgan fingerprint density at radius 1 is 1.06 bits per heavy atom. The molecule has 4 aromatic rings. The second kappa shape index (κ2) is 7.02. The monoisotopic (exact) mass is 450 g/mol. The summed E-state index contributed by atoms with van der Waals surface area (Å²) in [6, 6.07) is 6.15. The number of nitrogens with zero attached hydrogens (tertiary/aromatic N) is 6. The second-order valence-electron chi connectivity index (χ2n) is 7.41. The van der Waals surface area contributed by atoms with Gasteiger partial charge in [-0.1, -0.05) is 6.07 Å². The molecule has 4 aromatic heterocycles. The van der Waals surface area contributed by atoms with Gasteiger partial charge < -0.3 is 0 Å². The minimum atomic E-state index is -4.54. The molecule has 0 saturated carbocycles. The van der Waals surface area contributed by atoms with Gasteiger partial charge in [0.1, 0.15) is 12.0 Å². The lowest BCUT2D eigenvalue weighted by Gasteiger charge is -2.32. The van der Waals surface area contributed by atoms with Crippen molar-refractivity contribution in [2.45, 2.75) is 30.0 Å². The largest absolute Gasteiger partial charge is 0.416 e. The summed E-state index contributed by atoms with van der Waals surface area (Å²) in [6.07, 6.45) is 1.46. The van der Waals surface area contributed by atoms with Crippen molar-refractivity contribution >= 4 is 21.3 Å². The Bertz CT molecular complexity index is 1370. The number of hydrogen-bond acceptors (Lipinski definition) is 5. The summed E-state index contributed by atoms with van der Waals surface area (Å²) in [5.74, 6) is -0.446. The third kappa shape index (κ3) is 3.35. The zero-order chi connectivity index (χ0) is 21.8. The van der Waals surface area contributed by atoms with Crippen LogP contribution in [0.15, 0.2) is 54.2 Å². The van der Waals surface area contributed by atoms with Crippen molar-refractivity contribution in [3.05, 3.63) is 60.3 Å². The summed E-state index contributed by atoms with van der Waals surface area (Å²) in [7, 11) is -3.83. The maximum atomic E-state index is 13.7. The molecule has 12 heteroatoms. The molecule has 0 amide bonds. The third-order valence-corrected chi connectivity index (χ3v) is 7.51. The van der Waals surface area contributed by atoms with Gasteiger partial charge in [-0.2, -0.15) is 22.6 Å². The molecule has 0 unspecified atom stereocenters. The number of aromatic nitrogens is 5. The van der Waals surface area contributed by atoms with Gasteiger partial charge in [0, 0.05) is 25.5 Å². The lowest BCUT2D eigenvalue weighted by atomic mass is 9.88. The number of pyridine rings is 2. The van der Waals surface area contributed by atoms with E-state index in [9.17, 15) is 21.6 Å². The summed E-state index contributed by atoms with van der Waals surface area (Å²) in [6.45, 7) is 0.222. The average molecular weight is 450 g/mol. The number of rotatable bonds is 3. The number of alkyl halides is 3. The zero-order valence-electron chi connectivity index (χ0n) is 16.1. The van der Waals surface area contributed by atoms with Crippen molar-refractivity contribution in [2.75, 3.05) is 13.1 Å². The van der Waals surface area contributed by atoms with Gasteiger partial charge in [0.2, 0.25) is 0 Å².